The van der Waals surface area contributed by atoms with Crippen LogP contribution in [0.15, 0.2) is 23.8 Å². The van der Waals surface area contributed by atoms with Crippen molar-refractivity contribution in [3.05, 3.63) is 23.8 Å². The van der Waals surface area contributed by atoms with Gasteiger partial charge in [-0.2, -0.15) is 0 Å². The van der Waals surface area contributed by atoms with Crippen LogP contribution < -0.4 is 0 Å². The average molecular weight is 155 g/mol. The van der Waals surface area contributed by atoms with Gasteiger partial charge in [-0.1, -0.05) is 18.2 Å². The predicted octanol–water partition coefficient (Wildman–Crippen LogP) is 1.04. The van der Waals surface area contributed by atoms with Gasteiger partial charge >= 0.3 is 0 Å². The second kappa shape index (κ2) is 6.13. The fraction of sp³-hybridized carbons (Fsp3) is 0.556. The normalized spacial score (nSPS) is 13.4. The van der Waals surface area contributed by atoms with E-state index >= 15 is 0 Å². The van der Waals surface area contributed by atoms with E-state index in [1.165, 1.54) is 0 Å². The van der Waals surface area contributed by atoms with Crippen molar-refractivity contribution in [1.82, 2.24) is 4.90 Å². The van der Waals surface area contributed by atoms with Crippen molar-refractivity contribution >= 4 is 0 Å². The zero-order valence-corrected chi connectivity index (χ0v) is 7.54. The molecule has 0 heterocycles. The van der Waals surface area contributed by atoms with E-state index in [0.717, 1.165) is 12.1 Å². The average Bonchev–Trinajstić information content (AvgIpc) is 1.97. The van der Waals surface area contributed by atoms with Gasteiger partial charge in [0.15, 0.2) is 0 Å². The Bertz CT molecular complexity index is 148. The van der Waals surface area contributed by atoms with E-state index in [1.54, 1.807) is 0 Å². The van der Waals surface area contributed by atoms with Crippen molar-refractivity contribution in [2.75, 3.05) is 27.2 Å². The Balaban J connectivity index is 3.59. The predicted molar refractivity (Wildman–Crippen MR) is 48.5 cm³/mol. The van der Waals surface area contributed by atoms with E-state index in [2.05, 4.69) is 11.0 Å². The number of hydrogen-bond donors (Lipinski definition) is 1. The van der Waals surface area contributed by atoms with Gasteiger partial charge in [0.05, 0.1) is 6.61 Å². The Kier molecular flexibility index (Phi) is 5.80. The van der Waals surface area contributed by atoms with Gasteiger partial charge < -0.3 is 10.0 Å². The molecule has 2 nitrogen and oxygen atoms in total. The zero-order valence-electron chi connectivity index (χ0n) is 7.54. The highest BCUT2D eigenvalue weighted by molar-refractivity contribution is 5.10. The highest BCUT2D eigenvalue weighted by atomic mass is 16.3. The molecule has 0 aliphatic heterocycles. The number of nitrogens with zero attached hydrogens (tertiary/aromatic N) is 1. The minimum Gasteiger partial charge on any atom is -0.392 e. The molecule has 0 bridgehead atoms. The Morgan fingerprint density at radius 3 is 2.55 bits per heavy atom. The first-order valence-corrected chi connectivity index (χ1v) is 3.74. The zero-order chi connectivity index (χ0) is 8.69. The maximum Gasteiger partial charge on any atom is 0.0642 e. The number of likely N-dealkylation sites (N-methyl/N-ethyl adjacent to an activating group) is 1. The summed E-state index contributed by atoms with van der Waals surface area (Å²) < 4.78 is 0. The van der Waals surface area contributed by atoms with E-state index < -0.39 is 0 Å². The second-order valence-corrected chi connectivity index (χ2v) is 2.86. The molecular weight excluding hydrogens is 138 g/mol. The van der Waals surface area contributed by atoms with Gasteiger partial charge in [0.1, 0.15) is 0 Å². The van der Waals surface area contributed by atoms with Crippen LogP contribution in [0.3, 0.4) is 0 Å². The van der Waals surface area contributed by atoms with E-state index in [9.17, 15) is 0 Å². The minimum atomic E-state index is 0.145. The van der Waals surface area contributed by atoms with E-state index in [0.29, 0.717) is 0 Å². The van der Waals surface area contributed by atoms with Gasteiger partial charge in [-0.3, -0.25) is 0 Å². The topological polar surface area (TPSA) is 23.5 Å². The van der Waals surface area contributed by atoms with Crippen LogP contribution in [-0.2, 0) is 0 Å². The number of aliphatic hydroxyl groups excluding tert-OH is 1. The minimum absolute atomic E-state index is 0.145. The number of rotatable bonds is 4. The van der Waals surface area contributed by atoms with Gasteiger partial charge in [-0.25, -0.2) is 0 Å². The quantitative estimate of drug-likeness (QED) is 0.613. The summed E-state index contributed by atoms with van der Waals surface area (Å²) >= 11 is 0. The monoisotopic (exact) mass is 155 g/mol. The summed E-state index contributed by atoms with van der Waals surface area (Å²) in [7, 11) is 4.04. The maximum atomic E-state index is 8.63. The van der Waals surface area contributed by atoms with Crippen molar-refractivity contribution < 1.29 is 5.11 Å². The summed E-state index contributed by atoms with van der Waals surface area (Å²) in [5.74, 6) is 0. The lowest BCUT2D eigenvalue weighted by molar-refractivity contribution is 0.331. The van der Waals surface area contributed by atoms with Gasteiger partial charge in [0.25, 0.3) is 0 Å². The van der Waals surface area contributed by atoms with Gasteiger partial charge in [0, 0.05) is 6.54 Å². The molecule has 11 heavy (non-hydrogen) atoms. The molecule has 0 aromatic heterocycles. The summed E-state index contributed by atoms with van der Waals surface area (Å²) in [5, 5.41) is 8.63. The van der Waals surface area contributed by atoms with Crippen molar-refractivity contribution in [2.45, 2.75) is 6.92 Å². The molecule has 0 rings (SSSR count). The molecule has 64 valence electrons. The molecule has 0 aliphatic carbocycles. The van der Waals surface area contributed by atoms with Crippen LogP contribution in [0.2, 0.25) is 0 Å². The van der Waals surface area contributed by atoms with E-state index in [-0.39, 0.29) is 6.61 Å². The highest BCUT2D eigenvalue weighted by Crippen LogP contribution is 1.89. The summed E-state index contributed by atoms with van der Waals surface area (Å²) in [6.07, 6.45) is 5.94. The van der Waals surface area contributed by atoms with Crippen LogP contribution in [-0.4, -0.2) is 37.3 Å². The van der Waals surface area contributed by atoms with Crippen molar-refractivity contribution in [3.8, 4) is 0 Å². The first-order valence-electron chi connectivity index (χ1n) is 3.74. The van der Waals surface area contributed by atoms with Crippen molar-refractivity contribution in [1.29, 1.82) is 0 Å². The second-order valence-electron chi connectivity index (χ2n) is 2.86. The van der Waals surface area contributed by atoms with Gasteiger partial charge in [0.2, 0.25) is 0 Å². The lowest BCUT2D eigenvalue weighted by atomic mass is 10.3. The summed E-state index contributed by atoms with van der Waals surface area (Å²) in [6, 6.07) is 0. The SMILES string of the molecule is CC(=CC=CCN(C)C)CO. The van der Waals surface area contributed by atoms with Crippen LogP contribution in [0.4, 0.5) is 0 Å². The summed E-state index contributed by atoms with van der Waals surface area (Å²) in [4.78, 5) is 2.08. The third-order valence-corrected chi connectivity index (χ3v) is 1.24. The molecular formula is C9H17NO. The van der Waals surface area contributed by atoms with Crippen LogP contribution >= 0.6 is 0 Å². The Morgan fingerprint density at radius 1 is 1.45 bits per heavy atom. The van der Waals surface area contributed by atoms with Gasteiger partial charge in [-0.05, 0) is 26.6 Å². The fourth-order valence-electron chi connectivity index (χ4n) is 0.557. The molecule has 0 fully saturated rings. The van der Waals surface area contributed by atoms with Gasteiger partial charge in [-0.15, -0.1) is 0 Å². The molecule has 0 amide bonds. The number of allylic oxidation sites excluding steroid dienone is 2. The highest BCUT2D eigenvalue weighted by Gasteiger charge is 1.81. The Labute approximate surface area is 68.8 Å². The maximum absolute atomic E-state index is 8.63. The largest absolute Gasteiger partial charge is 0.392 e. The number of aliphatic hydroxyl groups is 1. The van der Waals surface area contributed by atoms with E-state index in [4.69, 9.17) is 5.11 Å². The van der Waals surface area contributed by atoms with Crippen molar-refractivity contribution in [2.24, 2.45) is 0 Å². The molecule has 0 aliphatic rings. The molecule has 0 saturated carbocycles. The molecule has 0 saturated heterocycles. The lowest BCUT2D eigenvalue weighted by Gasteiger charge is -2.02. The molecule has 0 atom stereocenters. The molecule has 0 aromatic rings. The smallest absolute Gasteiger partial charge is 0.0642 e. The Hall–Kier alpha value is -0.600. The van der Waals surface area contributed by atoms with E-state index in [1.807, 2.05) is 33.2 Å². The molecule has 0 unspecified atom stereocenters. The molecule has 0 spiro atoms. The fourth-order valence-corrected chi connectivity index (χ4v) is 0.557. The van der Waals surface area contributed by atoms with Crippen LogP contribution in [0.1, 0.15) is 6.92 Å². The Morgan fingerprint density at radius 2 is 2.09 bits per heavy atom. The van der Waals surface area contributed by atoms with Crippen molar-refractivity contribution in [3.63, 3.8) is 0 Å². The molecule has 2 heteroatoms. The summed E-state index contributed by atoms with van der Waals surface area (Å²) in [5.41, 5.74) is 0.986. The van der Waals surface area contributed by atoms with Crippen LogP contribution in [0.25, 0.3) is 0 Å². The first-order chi connectivity index (χ1) is 5.16. The lowest BCUT2D eigenvalue weighted by Crippen LogP contribution is -2.10. The third kappa shape index (κ3) is 7.30. The third-order valence-electron chi connectivity index (χ3n) is 1.24. The number of hydrogen-bond acceptors (Lipinski definition) is 2. The molecule has 1 N–H and O–H groups in total. The standard InChI is InChI=1S/C9H17NO/c1-9(8-11)6-4-5-7-10(2)3/h4-6,11H,7-8H2,1-3H3. The molecule has 0 aromatic carbocycles. The summed E-state index contributed by atoms with van der Waals surface area (Å²) in [6.45, 7) is 2.99. The van der Waals surface area contributed by atoms with Crippen LogP contribution in [0, 0.1) is 0 Å². The van der Waals surface area contributed by atoms with Crippen LogP contribution in [0.5, 0.6) is 0 Å². The molecule has 0 radical (unpaired) electrons. The first kappa shape index (κ1) is 10.4.